The summed E-state index contributed by atoms with van der Waals surface area (Å²) in [6.07, 6.45) is 0.338. The Morgan fingerprint density at radius 1 is 1.20 bits per heavy atom. The first-order valence-electron chi connectivity index (χ1n) is 4.95. The van der Waals surface area contributed by atoms with Crippen molar-refractivity contribution in [3.63, 3.8) is 0 Å². The molecule has 0 heterocycles. The molecule has 0 unspecified atom stereocenters. The monoisotopic (exact) mass is 214 g/mol. The average Bonchev–Trinajstić information content (AvgIpc) is 2.27. The van der Waals surface area contributed by atoms with E-state index in [0.717, 1.165) is 0 Å². The molecule has 0 fully saturated rings. The highest BCUT2D eigenvalue weighted by molar-refractivity contribution is 6.91. The molecule has 1 atom stereocenters. The van der Waals surface area contributed by atoms with Crippen molar-refractivity contribution in [1.29, 1.82) is 10.5 Å². The van der Waals surface area contributed by atoms with E-state index in [0.29, 0.717) is 6.42 Å². The van der Waals surface area contributed by atoms with Gasteiger partial charge in [0.2, 0.25) is 0 Å². The Morgan fingerprint density at radius 2 is 1.80 bits per heavy atom. The fourth-order valence-corrected chi connectivity index (χ4v) is 4.00. The first-order valence-corrected chi connectivity index (χ1v) is 8.02. The molecular weight excluding hydrogens is 200 g/mol. The Hall–Kier alpha value is -1.58. The van der Waals surface area contributed by atoms with Crippen LogP contribution in [0.2, 0.25) is 18.6 Å². The minimum atomic E-state index is -1.81. The van der Waals surface area contributed by atoms with E-state index < -0.39 is 8.07 Å². The van der Waals surface area contributed by atoms with Crippen molar-refractivity contribution in [1.82, 2.24) is 0 Å². The van der Waals surface area contributed by atoms with E-state index in [1.165, 1.54) is 5.19 Å². The van der Waals surface area contributed by atoms with Gasteiger partial charge in [0.05, 0.1) is 17.7 Å². The average molecular weight is 214 g/mol. The molecule has 0 amide bonds. The Balaban J connectivity index is 3.02. The van der Waals surface area contributed by atoms with Crippen LogP contribution in [0.1, 0.15) is 6.42 Å². The van der Waals surface area contributed by atoms with Gasteiger partial charge in [-0.1, -0.05) is 48.6 Å². The highest BCUT2D eigenvalue weighted by atomic mass is 28.3. The third-order valence-electron chi connectivity index (χ3n) is 2.84. The number of benzene rings is 1. The summed E-state index contributed by atoms with van der Waals surface area (Å²) in [6, 6.07) is 14.5. The van der Waals surface area contributed by atoms with Crippen molar-refractivity contribution in [3.8, 4) is 12.1 Å². The molecule has 0 saturated carbocycles. The molecule has 0 spiro atoms. The van der Waals surface area contributed by atoms with E-state index in [4.69, 9.17) is 10.5 Å². The first-order chi connectivity index (χ1) is 7.12. The third kappa shape index (κ3) is 2.46. The predicted molar refractivity (Wildman–Crippen MR) is 63.2 cm³/mol. The SMILES string of the molecule is C[Si](C)(c1ccccc1)[C@@H](C#N)CC#N. The summed E-state index contributed by atoms with van der Waals surface area (Å²) in [4.78, 5) is 0. The maximum absolute atomic E-state index is 9.09. The van der Waals surface area contributed by atoms with Gasteiger partial charge in [-0.2, -0.15) is 10.5 Å². The van der Waals surface area contributed by atoms with Crippen molar-refractivity contribution in [3.05, 3.63) is 30.3 Å². The zero-order chi connectivity index (χ0) is 11.3. The van der Waals surface area contributed by atoms with Crippen molar-refractivity contribution in [2.75, 3.05) is 0 Å². The summed E-state index contributed by atoms with van der Waals surface area (Å²) in [6.45, 7) is 4.29. The fraction of sp³-hybridized carbons (Fsp3) is 0.333. The first kappa shape index (κ1) is 11.5. The molecule has 15 heavy (non-hydrogen) atoms. The van der Waals surface area contributed by atoms with Gasteiger partial charge in [-0.15, -0.1) is 0 Å². The topological polar surface area (TPSA) is 47.6 Å². The zero-order valence-electron chi connectivity index (χ0n) is 9.07. The van der Waals surface area contributed by atoms with Crippen LogP contribution in [-0.2, 0) is 0 Å². The Morgan fingerprint density at radius 3 is 2.27 bits per heavy atom. The summed E-state index contributed by atoms with van der Waals surface area (Å²) in [5, 5.41) is 19.0. The van der Waals surface area contributed by atoms with Gasteiger partial charge in [0.15, 0.2) is 0 Å². The van der Waals surface area contributed by atoms with E-state index in [1.54, 1.807) is 0 Å². The standard InChI is InChI=1S/C12H14N2Si/c1-15(2,12(10-14)8-9-13)11-6-4-3-5-7-11/h3-7,12H,8H2,1-2H3/t12-/m1/s1. The van der Waals surface area contributed by atoms with Crippen LogP contribution in [0.4, 0.5) is 0 Å². The minimum Gasteiger partial charge on any atom is -0.198 e. The number of nitrogens with zero attached hydrogens (tertiary/aromatic N) is 2. The molecule has 0 radical (unpaired) electrons. The van der Waals surface area contributed by atoms with Crippen LogP contribution < -0.4 is 5.19 Å². The van der Waals surface area contributed by atoms with Crippen LogP contribution >= 0.6 is 0 Å². The highest BCUT2D eigenvalue weighted by Crippen LogP contribution is 2.24. The van der Waals surface area contributed by atoms with E-state index in [-0.39, 0.29) is 5.54 Å². The lowest BCUT2D eigenvalue weighted by Crippen LogP contribution is -2.45. The summed E-state index contributed by atoms with van der Waals surface area (Å²) in [7, 11) is -1.81. The highest BCUT2D eigenvalue weighted by Gasteiger charge is 2.33. The Bertz CT molecular complexity index is 398. The molecule has 2 nitrogen and oxygen atoms in total. The maximum Gasteiger partial charge on any atom is 0.100 e. The van der Waals surface area contributed by atoms with Crippen molar-refractivity contribution in [2.45, 2.75) is 25.1 Å². The summed E-state index contributed by atoms with van der Waals surface area (Å²) in [5.41, 5.74) is -0.120. The van der Waals surface area contributed by atoms with Crippen LogP contribution in [-0.4, -0.2) is 8.07 Å². The van der Waals surface area contributed by atoms with Gasteiger partial charge in [-0.25, -0.2) is 0 Å². The Kier molecular flexibility index (Phi) is 3.66. The van der Waals surface area contributed by atoms with Crippen molar-refractivity contribution >= 4 is 13.3 Å². The van der Waals surface area contributed by atoms with Gasteiger partial charge < -0.3 is 0 Å². The molecule has 76 valence electrons. The molecule has 0 aliphatic rings. The van der Waals surface area contributed by atoms with Gasteiger partial charge in [-0.05, 0) is 0 Å². The van der Waals surface area contributed by atoms with Crippen molar-refractivity contribution < 1.29 is 0 Å². The lowest BCUT2D eigenvalue weighted by Gasteiger charge is -2.26. The molecule has 0 aromatic heterocycles. The molecule has 1 aromatic rings. The van der Waals surface area contributed by atoms with E-state index >= 15 is 0 Å². The second-order valence-corrected chi connectivity index (χ2v) is 8.85. The number of rotatable bonds is 3. The molecule has 1 aromatic carbocycles. The number of hydrogen-bond donors (Lipinski definition) is 0. The van der Waals surface area contributed by atoms with E-state index in [2.05, 4.69) is 37.4 Å². The largest absolute Gasteiger partial charge is 0.198 e. The molecule has 0 bridgehead atoms. The van der Waals surface area contributed by atoms with Gasteiger partial charge in [0.25, 0.3) is 0 Å². The molecule has 0 saturated heterocycles. The van der Waals surface area contributed by atoms with Gasteiger partial charge in [0.1, 0.15) is 8.07 Å². The second-order valence-electron chi connectivity index (χ2n) is 4.13. The maximum atomic E-state index is 9.09. The number of nitriles is 2. The van der Waals surface area contributed by atoms with Crippen molar-refractivity contribution in [2.24, 2.45) is 0 Å². The van der Waals surface area contributed by atoms with Gasteiger partial charge in [0, 0.05) is 6.42 Å². The lowest BCUT2D eigenvalue weighted by molar-refractivity contribution is 1.02. The number of hydrogen-bond acceptors (Lipinski definition) is 2. The normalized spacial score (nSPS) is 12.5. The smallest absolute Gasteiger partial charge is 0.100 e. The fourth-order valence-electron chi connectivity index (χ4n) is 1.62. The van der Waals surface area contributed by atoms with Crippen LogP contribution in [0.15, 0.2) is 30.3 Å². The van der Waals surface area contributed by atoms with Crippen LogP contribution in [0.3, 0.4) is 0 Å². The zero-order valence-corrected chi connectivity index (χ0v) is 10.1. The van der Waals surface area contributed by atoms with Crippen LogP contribution in [0.25, 0.3) is 0 Å². The summed E-state index contributed by atoms with van der Waals surface area (Å²) >= 11 is 0. The second kappa shape index (κ2) is 4.77. The van der Waals surface area contributed by atoms with Crippen LogP contribution in [0, 0.1) is 22.7 Å². The van der Waals surface area contributed by atoms with E-state index in [9.17, 15) is 0 Å². The Labute approximate surface area is 91.8 Å². The molecule has 0 N–H and O–H groups in total. The summed E-state index contributed by atoms with van der Waals surface area (Å²) in [5.74, 6) is 0. The minimum absolute atomic E-state index is 0.120. The van der Waals surface area contributed by atoms with Gasteiger partial charge >= 0.3 is 0 Å². The molecule has 0 aliphatic heterocycles. The predicted octanol–water partition coefficient (Wildman–Crippen LogP) is 2.41. The lowest BCUT2D eigenvalue weighted by atomic mass is 10.3. The molecular formula is C12H14N2Si. The summed E-state index contributed by atoms with van der Waals surface area (Å²) < 4.78 is 0. The molecule has 3 heteroatoms. The quantitative estimate of drug-likeness (QED) is 0.725. The van der Waals surface area contributed by atoms with E-state index in [1.807, 2.05) is 18.2 Å². The third-order valence-corrected chi connectivity index (χ3v) is 6.74. The van der Waals surface area contributed by atoms with Gasteiger partial charge in [-0.3, -0.25) is 0 Å². The molecule has 0 aliphatic carbocycles. The van der Waals surface area contributed by atoms with Crippen LogP contribution in [0.5, 0.6) is 0 Å². The molecule has 1 rings (SSSR count).